The van der Waals surface area contributed by atoms with Crippen LogP contribution >= 0.6 is 0 Å². The minimum absolute atomic E-state index is 0.162. The van der Waals surface area contributed by atoms with Crippen LogP contribution in [0.5, 0.6) is 17.2 Å². The zero-order chi connectivity index (χ0) is 23.3. The van der Waals surface area contributed by atoms with Crippen LogP contribution < -0.4 is 14.2 Å². The normalized spacial score (nSPS) is 11.5. The number of hydrogen-bond acceptors (Lipinski definition) is 6. The molecular formula is C22H25F3O6. The molecule has 0 bridgehead atoms. The number of hydrogen-bond donors (Lipinski definition) is 0. The van der Waals surface area contributed by atoms with E-state index < -0.39 is 11.7 Å². The van der Waals surface area contributed by atoms with E-state index in [2.05, 4.69) is 0 Å². The summed E-state index contributed by atoms with van der Waals surface area (Å²) in [6, 6.07) is 10.1. The second kappa shape index (κ2) is 13.3. The number of aryl methyl sites for hydroxylation is 1. The van der Waals surface area contributed by atoms with Gasteiger partial charge in [-0.25, -0.2) is 0 Å². The van der Waals surface area contributed by atoms with Gasteiger partial charge >= 0.3 is 12.3 Å². The van der Waals surface area contributed by atoms with Crippen LogP contribution in [0.25, 0.3) is 0 Å². The lowest BCUT2D eigenvalue weighted by Crippen LogP contribution is -2.28. The molecule has 0 radical (unpaired) electrons. The number of alkyl halides is 3. The van der Waals surface area contributed by atoms with Crippen LogP contribution in [0.15, 0.2) is 42.5 Å². The van der Waals surface area contributed by atoms with Gasteiger partial charge in [0.05, 0.1) is 12.2 Å². The van der Waals surface area contributed by atoms with Crippen LogP contribution in [0, 0.1) is 6.92 Å². The molecule has 0 amide bonds. The zero-order valence-corrected chi connectivity index (χ0v) is 17.5. The van der Waals surface area contributed by atoms with Gasteiger partial charge in [0.25, 0.3) is 0 Å². The Morgan fingerprint density at radius 1 is 0.871 bits per heavy atom. The third kappa shape index (κ3) is 9.55. The third-order valence-electron chi connectivity index (χ3n) is 3.90. The first-order valence-electron chi connectivity index (χ1n) is 9.52. The fourth-order valence-electron chi connectivity index (χ4n) is 2.53. The van der Waals surface area contributed by atoms with Gasteiger partial charge in [-0.15, -0.1) is 0 Å². The average molecular weight is 442 g/mol. The highest BCUT2D eigenvalue weighted by molar-refractivity contribution is 5.39. The summed E-state index contributed by atoms with van der Waals surface area (Å²) >= 11 is 0. The van der Waals surface area contributed by atoms with Crippen molar-refractivity contribution in [3.63, 3.8) is 0 Å². The maximum Gasteiger partial charge on any atom is 0.416 e. The Bertz CT molecular complexity index is 815. The van der Waals surface area contributed by atoms with Gasteiger partial charge in [-0.2, -0.15) is 22.8 Å². The van der Waals surface area contributed by atoms with Gasteiger partial charge in [0.2, 0.25) is 0 Å². The van der Waals surface area contributed by atoms with Crippen LogP contribution in [0.2, 0.25) is 0 Å². The number of ether oxygens (including phenoxy) is 4. The average Bonchev–Trinajstić information content (AvgIpc) is 2.72. The van der Waals surface area contributed by atoms with Gasteiger partial charge in [-0.1, -0.05) is 0 Å². The van der Waals surface area contributed by atoms with E-state index in [0.717, 1.165) is 23.4 Å². The second-order valence-corrected chi connectivity index (χ2v) is 6.17. The molecule has 0 aromatic heterocycles. The van der Waals surface area contributed by atoms with Crippen molar-refractivity contribution in [2.24, 2.45) is 0 Å². The van der Waals surface area contributed by atoms with Crippen molar-refractivity contribution in [1.29, 1.82) is 0 Å². The molecule has 2 aromatic rings. The molecule has 0 heterocycles. The molecule has 0 N–H and O–H groups in total. The van der Waals surface area contributed by atoms with Crippen molar-refractivity contribution in [3.8, 4) is 17.2 Å². The van der Waals surface area contributed by atoms with Gasteiger partial charge < -0.3 is 18.9 Å². The van der Waals surface area contributed by atoms with Crippen molar-refractivity contribution < 1.29 is 41.7 Å². The van der Waals surface area contributed by atoms with Crippen molar-refractivity contribution in [2.75, 3.05) is 26.4 Å². The Hall–Kier alpha value is -3.03. The summed E-state index contributed by atoms with van der Waals surface area (Å²) < 4.78 is 60.3. The molecule has 1 atom stereocenters. The predicted molar refractivity (Wildman–Crippen MR) is 105 cm³/mol. The molecule has 0 saturated carbocycles. The molecule has 0 aliphatic heterocycles. The van der Waals surface area contributed by atoms with Gasteiger partial charge in [-0.05, 0) is 68.8 Å². The third-order valence-corrected chi connectivity index (χ3v) is 3.90. The summed E-state index contributed by atoms with van der Waals surface area (Å²) in [5, 5.41) is 0. The number of carbonyl (C=O) groups excluding carboxylic acids is 2. The van der Waals surface area contributed by atoms with E-state index >= 15 is 0 Å². The highest BCUT2D eigenvalue weighted by Crippen LogP contribution is 2.30. The fraction of sp³-hybridized carbons (Fsp3) is 0.409. The standard InChI is InChI=1S/C21H25F3O4.CO2/c1-4-25-19(13-27-17-8-6-16(7-9-17)21(22,23)24)14-28-18-10-11-20(26-5-2)15(3)12-18;2-1-3/h6-12,19H,4-5,13-14H2,1-3H3;. The Labute approximate surface area is 178 Å². The van der Waals surface area contributed by atoms with E-state index in [4.69, 9.17) is 28.5 Å². The van der Waals surface area contributed by atoms with Crippen LogP contribution in [0.1, 0.15) is 25.0 Å². The Morgan fingerprint density at radius 2 is 1.42 bits per heavy atom. The highest BCUT2D eigenvalue weighted by Gasteiger charge is 2.30. The Morgan fingerprint density at radius 3 is 1.90 bits per heavy atom. The maximum atomic E-state index is 12.6. The molecule has 0 spiro atoms. The van der Waals surface area contributed by atoms with Gasteiger partial charge in [0.15, 0.2) is 0 Å². The topological polar surface area (TPSA) is 71.1 Å². The van der Waals surface area contributed by atoms with Crippen molar-refractivity contribution in [1.82, 2.24) is 0 Å². The zero-order valence-electron chi connectivity index (χ0n) is 17.5. The summed E-state index contributed by atoms with van der Waals surface area (Å²) in [5.74, 6) is 1.83. The first-order chi connectivity index (χ1) is 14.7. The van der Waals surface area contributed by atoms with Crippen LogP contribution in [0.3, 0.4) is 0 Å². The van der Waals surface area contributed by atoms with Crippen molar-refractivity contribution in [2.45, 2.75) is 33.1 Å². The van der Waals surface area contributed by atoms with E-state index in [9.17, 15) is 13.2 Å². The highest BCUT2D eigenvalue weighted by atomic mass is 19.4. The maximum absolute atomic E-state index is 12.6. The predicted octanol–water partition coefficient (Wildman–Crippen LogP) is 4.69. The summed E-state index contributed by atoms with van der Waals surface area (Å²) in [6.07, 6.45) is -4.48. The van der Waals surface area contributed by atoms with E-state index in [1.165, 1.54) is 12.1 Å². The van der Waals surface area contributed by atoms with Gasteiger partial charge in [-0.3, -0.25) is 0 Å². The first-order valence-corrected chi connectivity index (χ1v) is 9.52. The molecule has 2 rings (SSSR count). The molecule has 0 aliphatic rings. The molecular weight excluding hydrogens is 417 g/mol. The first kappa shape index (κ1) is 26.0. The minimum atomic E-state index is -4.37. The lowest BCUT2D eigenvalue weighted by atomic mass is 10.2. The molecule has 170 valence electrons. The summed E-state index contributed by atoms with van der Waals surface area (Å²) in [7, 11) is 0. The molecule has 0 aliphatic carbocycles. The van der Waals surface area contributed by atoms with Crippen molar-refractivity contribution in [3.05, 3.63) is 53.6 Å². The Balaban J connectivity index is 0.00000151. The summed E-state index contributed by atoms with van der Waals surface area (Å²) in [6.45, 7) is 7.18. The summed E-state index contributed by atoms with van der Waals surface area (Å²) in [5.41, 5.74) is 0.253. The largest absolute Gasteiger partial charge is 0.494 e. The van der Waals surface area contributed by atoms with Crippen molar-refractivity contribution >= 4 is 6.15 Å². The number of halogens is 3. The molecule has 1 unspecified atom stereocenters. The lowest BCUT2D eigenvalue weighted by molar-refractivity contribution is -0.191. The number of benzene rings is 2. The van der Waals surface area contributed by atoms with Crippen LogP contribution in [-0.2, 0) is 20.5 Å². The van der Waals surface area contributed by atoms with E-state index in [1.807, 2.05) is 39.0 Å². The number of rotatable bonds is 10. The van der Waals surface area contributed by atoms with Crippen LogP contribution in [0.4, 0.5) is 13.2 Å². The molecule has 0 saturated heterocycles. The van der Waals surface area contributed by atoms with Gasteiger partial charge in [0.1, 0.15) is 36.6 Å². The second-order valence-electron chi connectivity index (χ2n) is 6.17. The smallest absolute Gasteiger partial charge is 0.416 e. The van der Waals surface area contributed by atoms with E-state index in [0.29, 0.717) is 24.7 Å². The molecule has 2 aromatic carbocycles. The minimum Gasteiger partial charge on any atom is -0.494 e. The summed E-state index contributed by atoms with van der Waals surface area (Å²) in [4.78, 5) is 16.2. The molecule has 31 heavy (non-hydrogen) atoms. The molecule has 0 fully saturated rings. The van der Waals surface area contributed by atoms with E-state index in [-0.39, 0.29) is 25.5 Å². The quantitative estimate of drug-likeness (QED) is 0.532. The molecule has 6 nitrogen and oxygen atoms in total. The SMILES string of the molecule is CCOc1ccc(OCC(COc2ccc(C(F)(F)F)cc2)OCC)cc1C.O=C=O. The molecule has 9 heteroatoms. The van der Waals surface area contributed by atoms with E-state index in [1.54, 1.807) is 0 Å². The Kier molecular flexibility index (Phi) is 11.2. The fourth-order valence-corrected chi connectivity index (χ4v) is 2.53. The lowest BCUT2D eigenvalue weighted by Gasteiger charge is -2.19. The monoisotopic (exact) mass is 442 g/mol. The van der Waals surface area contributed by atoms with Gasteiger partial charge in [0, 0.05) is 6.61 Å². The van der Waals surface area contributed by atoms with Crippen LogP contribution in [-0.4, -0.2) is 38.7 Å².